The van der Waals surface area contributed by atoms with Crippen LogP contribution in [0.1, 0.15) is 5.82 Å². The van der Waals surface area contributed by atoms with Gasteiger partial charge < -0.3 is 19.7 Å². The van der Waals surface area contributed by atoms with E-state index in [1.165, 1.54) is 0 Å². The number of amides is 2. The number of aromatic nitrogens is 2. The summed E-state index contributed by atoms with van der Waals surface area (Å²) < 4.78 is 1.95. The molecule has 1 aromatic carbocycles. The van der Waals surface area contributed by atoms with Crippen LogP contribution >= 0.6 is 0 Å². The van der Waals surface area contributed by atoms with Crippen LogP contribution in [-0.4, -0.2) is 71.4 Å². The number of likely N-dealkylation sites (N-methyl/N-ethyl adjacent to an activating group) is 1. The van der Waals surface area contributed by atoms with E-state index >= 15 is 0 Å². The Morgan fingerprint density at radius 2 is 2.00 bits per heavy atom. The van der Waals surface area contributed by atoms with Crippen LogP contribution in [0.4, 0.5) is 0 Å². The highest BCUT2D eigenvalue weighted by Crippen LogP contribution is 2.16. The lowest BCUT2D eigenvalue weighted by molar-refractivity contribution is -0.133. The van der Waals surface area contributed by atoms with E-state index in [9.17, 15) is 9.59 Å². The summed E-state index contributed by atoms with van der Waals surface area (Å²) in [6.45, 7) is 4.68. The van der Waals surface area contributed by atoms with Gasteiger partial charge in [-0.3, -0.25) is 9.59 Å². The van der Waals surface area contributed by atoms with Crippen molar-refractivity contribution in [3.8, 4) is 0 Å². The highest BCUT2D eigenvalue weighted by Gasteiger charge is 2.28. The average molecular weight is 343 g/mol. The third kappa shape index (κ3) is 3.66. The number of fused-ring (bicyclic) bond motifs is 1. The van der Waals surface area contributed by atoms with Gasteiger partial charge in [0.25, 0.3) is 0 Å². The van der Waals surface area contributed by atoms with Gasteiger partial charge in [0, 0.05) is 33.2 Å². The lowest BCUT2D eigenvalue weighted by atomic mass is 10.1. The molecule has 1 atom stereocenters. The summed E-state index contributed by atoms with van der Waals surface area (Å²) in [6, 6.07) is 7.82. The minimum absolute atomic E-state index is 0.0178. The molecule has 1 saturated heterocycles. The van der Waals surface area contributed by atoms with Gasteiger partial charge in [-0.25, -0.2) is 4.98 Å². The van der Waals surface area contributed by atoms with Gasteiger partial charge >= 0.3 is 0 Å². The average Bonchev–Trinajstić information content (AvgIpc) is 2.78. The minimum Gasteiger partial charge on any atom is -0.359 e. The molecule has 0 bridgehead atoms. The molecule has 2 heterocycles. The fourth-order valence-corrected chi connectivity index (χ4v) is 3.40. The monoisotopic (exact) mass is 343 g/mol. The van der Waals surface area contributed by atoms with Crippen LogP contribution in [0.25, 0.3) is 11.0 Å². The molecule has 134 valence electrons. The highest BCUT2D eigenvalue weighted by atomic mass is 16.2. The molecule has 2 amide bonds. The van der Waals surface area contributed by atoms with Crippen LogP contribution in [0.2, 0.25) is 0 Å². The summed E-state index contributed by atoms with van der Waals surface area (Å²) in [5.41, 5.74) is 1.86. The first-order valence-electron chi connectivity index (χ1n) is 8.59. The topological polar surface area (TPSA) is 70.5 Å². The van der Waals surface area contributed by atoms with Crippen LogP contribution < -0.4 is 5.32 Å². The van der Waals surface area contributed by atoms with Crippen molar-refractivity contribution >= 4 is 22.8 Å². The van der Waals surface area contributed by atoms with Gasteiger partial charge in [0.1, 0.15) is 12.4 Å². The summed E-state index contributed by atoms with van der Waals surface area (Å²) in [5.74, 6) is 0.623. The molecule has 3 rings (SSSR count). The van der Waals surface area contributed by atoms with E-state index in [1.54, 1.807) is 11.9 Å². The van der Waals surface area contributed by atoms with Gasteiger partial charge in [-0.05, 0) is 26.1 Å². The SMILES string of the molecule is CNC(=O)[C@@H]1CN(C)CCN(C(=O)Cn2c(C)nc3ccccc32)C1. The van der Waals surface area contributed by atoms with Crippen LogP contribution in [0.5, 0.6) is 0 Å². The van der Waals surface area contributed by atoms with Crippen molar-refractivity contribution in [3.05, 3.63) is 30.1 Å². The molecule has 1 aromatic heterocycles. The zero-order valence-electron chi connectivity index (χ0n) is 15.0. The molecule has 1 aliphatic heterocycles. The van der Waals surface area contributed by atoms with E-state index < -0.39 is 0 Å². The molecule has 0 spiro atoms. The van der Waals surface area contributed by atoms with E-state index in [0.717, 1.165) is 23.4 Å². The smallest absolute Gasteiger partial charge is 0.242 e. The number of nitrogens with one attached hydrogen (secondary N) is 1. The Morgan fingerprint density at radius 1 is 1.24 bits per heavy atom. The van der Waals surface area contributed by atoms with Gasteiger partial charge in [-0.2, -0.15) is 0 Å². The van der Waals surface area contributed by atoms with Gasteiger partial charge in [0.15, 0.2) is 0 Å². The number of carbonyl (C=O) groups is 2. The largest absolute Gasteiger partial charge is 0.359 e. The van der Waals surface area contributed by atoms with Crippen molar-refractivity contribution in [2.45, 2.75) is 13.5 Å². The zero-order valence-corrected chi connectivity index (χ0v) is 15.0. The molecule has 7 heteroatoms. The Balaban J connectivity index is 1.79. The van der Waals surface area contributed by atoms with Crippen molar-refractivity contribution in [1.82, 2.24) is 24.7 Å². The number of carbonyl (C=O) groups excluding carboxylic acids is 2. The second-order valence-corrected chi connectivity index (χ2v) is 6.65. The highest BCUT2D eigenvalue weighted by molar-refractivity contribution is 5.83. The maximum atomic E-state index is 12.9. The van der Waals surface area contributed by atoms with Crippen LogP contribution in [-0.2, 0) is 16.1 Å². The number of nitrogens with zero attached hydrogens (tertiary/aromatic N) is 4. The van der Waals surface area contributed by atoms with E-state index in [2.05, 4.69) is 15.2 Å². The number of aryl methyl sites for hydroxylation is 1. The zero-order chi connectivity index (χ0) is 18.0. The fourth-order valence-electron chi connectivity index (χ4n) is 3.40. The molecule has 0 aliphatic carbocycles. The molecule has 2 aromatic rings. The van der Waals surface area contributed by atoms with E-state index in [4.69, 9.17) is 0 Å². The Morgan fingerprint density at radius 3 is 2.76 bits per heavy atom. The quantitative estimate of drug-likeness (QED) is 0.880. The number of hydrogen-bond acceptors (Lipinski definition) is 4. The summed E-state index contributed by atoms with van der Waals surface area (Å²) >= 11 is 0. The molecular weight excluding hydrogens is 318 g/mol. The van der Waals surface area contributed by atoms with Crippen molar-refractivity contribution in [1.29, 1.82) is 0 Å². The molecule has 1 fully saturated rings. The second kappa shape index (κ2) is 7.23. The second-order valence-electron chi connectivity index (χ2n) is 6.65. The minimum atomic E-state index is -0.206. The van der Waals surface area contributed by atoms with Gasteiger partial charge in [-0.1, -0.05) is 12.1 Å². The Bertz CT molecular complexity index is 785. The number of imidazole rings is 1. The first kappa shape index (κ1) is 17.4. The van der Waals surface area contributed by atoms with Gasteiger partial charge in [0.2, 0.25) is 11.8 Å². The van der Waals surface area contributed by atoms with Crippen molar-refractivity contribution < 1.29 is 9.59 Å². The maximum Gasteiger partial charge on any atom is 0.242 e. The maximum absolute atomic E-state index is 12.9. The predicted octanol–water partition coefficient (Wildman–Crippen LogP) is 0.481. The Labute approximate surface area is 147 Å². The van der Waals surface area contributed by atoms with Crippen LogP contribution in [0.3, 0.4) is 0 Å². The van der Waals surface area contributed by atoms with E-state index in [0.29, 0.717) is 19.6 Å². The van der Waals surface area contributed by atoms with Crippen molar-refractivity contribution in [2.24, 2.45) is 5.92 Å². The fraction of sp³-hybridized carbons (Fsp3) is 0.500. The predicted molar refractivity (Wildman–Crippen MR) is 96.1 cm³/mol. The summed E-state index contributed by atoms with van der Waals surface area (Å²) in [6.07, 6.45) is 0. The lowest BCUT2D eigenvalue weighted by Crippen LogP contribution is -2.42. The number of rotatable bonds is 3. The standard InChI is InChI=1S/C18H25N5O2/c1-13-20-15-6-4-5-7-16(15)23(13)12-17(24)22-9-8-21(3)10-14(11-22)18(25)19-2/h4-7,14H,8-12H2,1-3H3,(H,19,25)/t14-/m1/s1. The van der Waals surface area contributed by atoms with Gasteiger partial charge in [-0.15, -0.1) is 0 Å². The first-order valence-corrected chi connectivity index (χ1v) is 8.59. The summed E-state index contributed by atoms with van der Waals surface area (Å²) in [7, 11) is 3.62. The summed E-state index contributed by atoms with van der Waals surface area (Å²) in [5, 5.41) is 2.70. The third-order valence-corrected chi connectivity index (χ3v) is 4.83. The summed E-state index contributed by atoms with van der Waals surface area (Å²) in [4.78, 5) is 33.4. The first-order chi connectivity index (χ1) is 12.0. The molecule has 7 nitrogen and oxygen atoms in total. The molecule has 1 aliphatic rings. The Hall–Kier alpha value is -2.41. The number of para-hydroxylation sites is 2. The molecular formula is C18H25N5O2. The van der Waals surface area contributed by atoms with Crippen LogP contribution in [0.15, 0.2) is 24.3 Å². The third-order valence-electron chi connectivity index (χ3n) is 4.83. The lowest BCUT2D eigenvalue weighted by Gasteiger charge is -2.24. The van der Waals surface area contributed by atoms with E-state index in [-0.39, 0.29) is 24.3 Å². The molecule has 0 unspecified atom stereocenters. The number of benzene rings is 1. The molecule has 1 N–H and O–H groups in total. The Kier molecular flexibility index (Phi) is 5.03. The normalized spacial score (nSPS) is 19.0. The van der Waals surface area contributed by atoms with Crippen molar-refractivity contribution in [3.63, 3.8) is 0 Å². The van der Waals surface area contributed by atoms with E-state index in [1.807, 2.05) is 42.8 Å². The number of hydrogen-bond donors (Lipinski definition) is 1. The van der Waals surface area contributed by atoms with Crippen molar-refractivity contribution in [2.75, 3.05) is 40.3 Å². The molecule has 0 saturated carbocycles. The van der Waals surface area contributed by atoms with Gasteiger partial charge in [0.05, 0.1) is 17.0 Å². The van der Waals surface area contributed by atoms with Crippen LogP contribution in [0, 0.1) is 12.8 Å². The molecule has 0 radical (unpaired) electrons. The molecule has 25 heavy (non-hydrogen) atoms.